The number of benzene rings is 1. The Hall–Kier alpha value is -2.27. The van der Waals surface area contributed by atoms with Gasteiger partial charge in [0.1, 0.15) is 11.6 Å². The van der Waals surface area contributed by atoms with E-state index in [-0.39, 0.29) is 5.91 Å². The monoisotopic (exact) mass is 373 g/mol. The van der Waals surface area contributed by atoms with Gasteiger partial charge in [0, 0.05) is 35.9 Å². The summed E-state index contributed by atoms with van der Waals surface area (Å²) in [6.45, 7) is 5.79. The van der Waals surface area contributed by atoms with Gasteiger partial charge in [0.2, 0.25) is 0 Å². The van der Waals surface area contributed by atoms with E-state index < -0.39 is 0 Å². The van der Waals surface area contributed by atoms with Crippen LogP contribution in [0.3, 0.4) is 0 Å². The summed E-state index contributed by atoms with van der Waals surface area (Å²) in [4.78, 5) is 19.0. The first-order valence-corrected chi connectivity index (χ1v) is 9.22. The molecule has 2 heterocycles. The number of likely N-dealkylation sites (tertiary alicyclic amines) is 1. The molecule has 0 radical (unpaired) electrons. The zero-order valence-corrected chi connectivity index (χ0v) is 16.1. The average molecular weight is 374 g/mol. The lowest BCUT2D eigenvalue weighted by Crippen LogP contribution is -2.37. The number of ether oxygens (including phenoxy) is 1. The van der Waals surface area contributed by atoms with Gasteiger partial charge in [0.25, 0.3) is 5.91 Å². The van der Waals surface area contributed by atoms with Gasteiger partial charge in [-0.25, -0.2) is 4.98 Å². The van der Waals surface area contributed by atoms with Gasteiger partial charge in [-0.15, -0.1) is 0 Å². The number of carbonyl (C=O) groups excluding carboxylic acids is 1. The second-order valence-corrected chi connectivity index (χ2v) is 7.24. The molecule has 6 heteroatoms. The molecule has 1 amide bonds. The molecule has 0 saturated carbocycles. The minimum absolute atomic E-state index is 0.0570. The van der Waals surface area contributed by atoms with Crippen molar-refractivity contribution in [2.75, 3.05) is 25.5 Å². The van der Waals surface area contributed by atoms with Crippen molar-refractivity contribution < 1.29 is 9.53 Å². The van der Waals surface area contributed by atoms with E-state index in [4.69, 9.17) is 16.3 Å². The Kier molecular flexibility index (Phi) is 5.67. The number of amides is 1. The van der Waals surface area contributed by atoms with E-state index in [2.05, 4.69) is 17.2 Å². The van der Waals surface area contributed by atoms with Crippen molar-refractivity contribution in [3.8, 4) is 5.75 Å². The first-order chi connectivity index (χ1) is 12.5. The fourth-order valence-corrected chi connectivity index (χ4v) is 3.25. The highest BCUT2D eigenvalue weighted by atomic mass is 35.5. The largest absolute Gasteiger partial charge is 0.495 e. The predicted molar refractivity (Wildman–Crippen MR) is 105 cm³/mol. The van der Waals surface area contributed by atoms with Crippen molar-refractivity contribution in [2.45, 2.75) is 26.7 Å². The van der Waals surface area contributed by atoms with Crippen molar-refractivity contribution in [3.05, 3.63) is 46.6 Å². The molecule has 1 aliphatic rings. The molecule has 138 valence electrons. The fraction of sp³-hybridized carbons (Fsp3) is 0.400. The smallest absolute Gasteiger partial charge is 0.254 e. The van der Waals surface area contributed by atoms with Crippen molar-refractivity contribution in [3.63, 3.8) is 0 Å². The lowest BCUT2D eigenvalue weighted by atomic mass is 9.99. The second-order valence-electron chi connectivity index (χ2n) is 6.83. The highest BCUT2D eigenvalue weighted by Crippen LogP contribution is 2.32. The molecule has 1 saturated heterocycles. The molecular weight excluding hydrogens is 350 g/mol. The summed E-state index contributed by atoms with van der Waals surface area (Å²) < 4.78 is 5.39. The maximum absolute atomic E-state index is 12.8. The zero-order valence-electron chi connectivity index (χ0n) is 15.4. The van der Waals surface area contributed by atoms with E-state index in [9.17, 15) is 4.79 Å². The fourth-order valence-electron chi connectivity index (χ4n) is 3.09. The number of halogens is 1. The predicted octanol–water partition coefficient (Wildman–Crippen LogP) is 4.67. The number of nitrogens with zero attached hydrogens (tertiary/aromatic N) is 2. The molecule has 0 atom stereocenters. The van der Waals surface area contributed by atoms with Gasteiger partial charge in [-0.3, -0.25) is 4.79 Å². The minimum atomic E-state index is 0.0570. The van der Waals surface area contributed by atoms with Gasteiger partial charge >= 0.3 is 0 Å². The van der Waals surface area contributed by atoms with Crippen molar-refractivity contribution in [2.24, 2.45) is 5.92 Å². The standard InChI is InChI=1S/C20H24ClN3O2/c1-13-5-8-24(9-6-13)20(25)15-4-7-22-19(11-15)23-17-10-14(2)16(21)12-18(17)26-3/h4,7,10-13H,5-6,8-9H2,1-3H3,(H,22,23). The maximum atomic E-state index is 12.8. The Morgan fingerprint density at radius 2 is 2.04 bits per heavy atom. The molecule has 2 aromatic rings. The number of methoxy groups -OCH3 is 1. The summed E-state index contributed by atoms with van der Waals surface area (Å²) in [5.74, 6) is 1.97. The summed E-state index contributed by atoms with van der Waals surface area (Å²) in [6, 6.07) is 7.21. The number of carbonyl (C=O) groups is 1. The number of rotatable bonds is 4. The van der Waals surface area contributed by atoms with Gasteiger partial charge in [-0.2, -0.15) is 0 Å². The summed E-state index contributed by atoms with van der Waals surface area (Å²) in [5, 5.41) is 3.87. The second kappa shape index (κ2) is 7.96. The van der Waals surface area contributed by atoms with E-state index in [1.54, 1.807) is 31.5 Å². The molecule has 1 N–H and O–H groups in total. The number of piperidine rings is 1. The van der Waals surface area contributed by atoms with Crippen LogP contribution in [0.25, 0.3) is 0 Å². The molecule has 26 heavy (non-hydrogen) atoms. The Bertz CT molecular complexity index is 802. The number of hydrogen-bond donors (Lipinski definition) is 1. The van der Waals surface area contributed by atoms with Gasteiger partial charge in [-0.05, 0) is 49.4 Å². The van der Waals surface area contributed by atoms with Crippen molar-refractivity contribution in [1.29, 1.82) is 0 Å². The molecule has 5 nitrogen and oxygen atoms in total. The SMILES string of the molecule is COc1cc(Cl)c(C)cc1Nc1cc(C(=O)N2CCC(C)CC2)ccn1. The Balaban J connectivity index is 1.80. The average Bonchev–Trinajstić information content (AvgIpc) is 2.65. The van der Waals surface area contributed by atoms with Crippen molar-refractivity contribution in [1.82, 2.24) is 9.88 Å². The third kappa shape index (κ3) is 4.10. The normalized spacial score (nSPS) is 15.0. The summed E-state index contributed by atoms with van der Waals surface area (Å²) in [7, 11) is 1.59. The van der Waals surface area contributed by atoms with Crippen LogP contribution in [0.5, 0.6) is 5.75 Å². The first-order valence-electron chi connectivity index (χ1n) is 8.84. The number of pyridine rings is 1. The van der Waals surface area contributed by atoms with E-state index in [1.807, 2.05) is 17.9 Å². The van der Waals surface area contributed by atoms with Crippen molar-refractivity contribution >= 4 is 29.0 Å². The van der Waals surface area contributed by atoms with Crippen LogP contribution in [0, 0.1) is 12.8 Å². The molecule has 0 spiro atoms. The van der Waals surface area contributed by atoms with Crippen LogP contribution in [0.1, 0.15) is 35.7 Å². The molecule has 0 unspecified atom stereocenters. The van der Waals surface area contributed by atoms with E-state index in [1.165, 1.54) is 0 Å². The third-order valence-electron chi connectivity index (χ3n) is 4.82. The summed E-state index contributed by atoms with van der Waals surface area (Å²) in [6.07, 6.45) is 3.77. The van der Waals surface area contributed by atoms with Gasteiger partial charge in [0.05, 0.1) is 12.8 Å². The number of aromatic nitrogens is 1. The van der Waals surface area contributed by atoms with Crippen LogP contribution >= 0.6 is 11.6 Å². The molecule has 0 bridgehead atoms. The minimum Gasteiger partial charge on any atom is -0.495 e. The Labute approximate surface area is 159 Å². The molecule has 3 rings (SSSR count). The maximum Gasteiger partial charge on any atom is 0.254 e. The van der Waals surface area contributed by atoms with Crippen LogP contribution in [0.2, 0.25) is 5.02 Å². The number of anilines is 2. The van der Waals surface area contributed by atoms with E-state index in [0.717, 1.165) is 37.2 Å². The Morgan fingerprint density at radius 1 is 1.31 bits per heavy atom. The summed E-state index contributed by atoms with van der Waals surface area (Å²) >= 11 is 6.16. The molecule has 1 aromatic carbocycles. The third-order valence-corrected chi connectivity index (χ3v) is 5.23. The lowest BCUT2D eigenvalue weighted by Gasteiger charge is -2.30. The Morgan fingerprint density at radius 3 is 2.73 bits per heavy atom. The summed E-state index contributed by atoms with van der Waals surface area (Å²) in [5.41, 5.74) is 2.34. The topological polar surface area (TPSA) is 54.5 Å². The van der Waals surface area contributed by atoms with Crippen LogP contribution in [0.4, 0.5) is 11.5 Å². The van der Waals surface area contributed by atoms with Crippen LogP contribution in [-0.2, 0) is 0 Å². The first kappa shape index (κ1) is 18.5. The van der Waals surface area contributed by atoms with Gasteiger partial charge in [0.15, 0.2) is 0 Å². The van der Waals surface area contributed by atoms with Crippen LogP contribution in [-0.4, -0.2) is 36.0 Å². The quantitative estimate of drug-likeness (QED) is 0.846. The van der Waals surface area contributed by atoms with Gasteiger partial charge < -0.3 is 15.0 Å². The van der Waals surface area contributed by atoms with Gasteiger partial charge in [-0.1, -0.05) is 18.5 Å². The highest BCUT2D eigenvalue weighted by Gasteiger charge is 2.21. The van der Waals surface area contributed by atoms with Crippen LogP contribution in [0.15, 0.2) is 30.5 Å². The molecule has 1 fully saturated rings. The molecule has 0 aliphatic carbocycles. The lowest BCUT2D eigenvalue weighted by molar-refractivity contribution is 0.0697. The van der Waals surface area contributed by atoms with Crippen LogP contribution < -0.4 is 10.1 Å². The number of hydrogen-bond acceptors (Lipinski definition) is 4. The van der Waals surface area contributed by atoms with E-state index in [0.29, 0.717) is 28.1 Å². The number of aryl methyl sites for hydroxylation is 1. The molecular formula is C20H24ClN3O2. The number of nitrogens with one attached hydrogen (secondary N) is 1. The zero-order chi connectivity index (χ0) is 18.7. The van der Waals surface area contributed by atoms with E-state index >= 15 is 0 Å². The highest BCUT2D eigenvalue weighted by molar-refractivity contribution is 6.31. The molecule has 1 aliphatic heterocycles. The molecule has 1 aromatic heterocycles.